The van der Waals surface area contributed by atoms with Crippen molar-refractivity contribution in [2.45, 2.75) is 51.8 Å². The van der Waals surface area contributed by atoms with Crippen LogP contribution in [0.1, 0.15) is 45.2 Å². The molecular weight excluding hydrogens is 252 g/mol. The summed E-state index contributed by atoms with van der Waals surface area (Å²) in [7, 11) is 0. The second-order valence-corrected chi connectivity index (χ2v) is 5.58. The van der Waals surface area contributed by atoms with Crippen molar-refractivity contribution in [1.82, 2.24) is 10.6 Å². The lowest BCUT2D eigenvalue weighted by atomic mass is 10.1. The van der Waals surface area contributed by atoms with E-state index in [1.807, 2.05) is 45.0 Å². The fourth-order valence-corrected chi connectivity index (χ4v) is 2.50. The third kappa shape index (κ3) is 3.73. The Bertz CT molecular complexity index is 454. The van der Waals surface area contributed by atoms with Crippen molar-refractivity contribution < 1.29 is 9.53 Å². The quantitative estimate of drug-likeness (QED) is 0.868. The first-order valence-corrected chi connectivity index (χ1v) is 7.37. The van der Waals surface area contributed by atoms with Crippen LogP contribution >= 0.6 is 0 Å². The maximum absolute atomic E-state index is 12.1. The van der Waals surface area contributed by atoms with E-state index >= 15 is 0 Å². The lowest BCUT2D eigenvalue weighted by Gasteiger charge is -2.21. The van der Waals surface area contributed by atoms with E-state index in [-0.39, 0.29) is 24.1 Å². The number of carbonyl (C=O) groups is 1. The van der Waals surface area contributed by atoms with Crippen LogP contribution in [-0.4, -0.2) is 24.6 Å². The standard InChI is InChI=1S/C16H24N2O2/c1-11(2)20-15-9-5-4-7-13(15)12(3)18-16(19)14-8-6-10-17-14/h4-5,7,9,11-12,14,17H,6,8,10H2,1-3H3,(H,18,19)/t12?,14-/m1/s1. The Morgan fingerprint density at radius 2 is 2.10 bits per heavy atom. The second kappa shape index (κ2) is 6.75. The van der Waals surface area contributed by atoms with Crippen LogP contribution in [0.5, 0.6) is 5.75 Å². The highest BCUT2D eigenvalue weighted by Gasteiger charge is 2.24. The Hall–Kier alpha value is -1.55. The molecule has 2 rings (SSSR count). The molecule has 0 bridgehead atoms. The Balaban J connectivity index is 2.04. The normalized spacial score (nSPS) is 19.9. The number of hydrogen-bond donors (Lipinski definition) is 2. The van der Waals surface area contributed by atoms with Crippen LogP contribution in [0.2, 0.25) is 0 Å². The average molecular weight is 276 g/mol. The minimum Gasteiger partial charge on any atom is -0.491 e. The predicted octanol–water partition coefficient (Wildman–Crippen LogP) is 2.40. The molecule has 0 aromatic heterocycles. The third-order valence-electron chi connectivity index (χ3n) is 3.48. The highest BCUT2D eigenvalue weighted by molar-refractivity contribution is 5.82. The van der Waals surface area contributed by atoms with Gasteiger partial charge >= 0.3 is 0 Å². The van der Waals surface area contributed by atoms with Gasteiger partial charge in [-0.05, 0) is 46.2 Å². The molecule has 0 radical (unpaired) electrons. The van der Waals surface area contributed by atoms with Gasteiger partial charge in [0.2, 0.25) is 5.91 Å². The first-order chi connectivity index (χ1) is 9.58. The highest BCUT2D eigenvalue weighted by atomic mass is 16.5. The van der Waals surface area contributed by atoms with Crippen LogP contribution in [0, 0.1) is 0 Å². The first-order valence-electron chi connectivity index (χ1n) is 7.37. The zero-order valence-corrected chi connectivity index (χ0v) is 12.5. The van der Waals surface area contributed by atoms with E-state index in [0.717, 1.165) is 30.7 Å². The predicted molar refractivity (Wildman–Crippen MR) is 79.8 cm³/mol. The van der Waals surface area contributed by atoms with Crippen LogP contribution in [0.3, 0.4) is 0 Å². The summed E-state index contributed by atoms with van der Waals surface area (Å²) in [6.07, 6.45) is 2.11. The number of amides is 1. The van der Waals surface area contributed by atoms with Gasteiger partial charge in [0.05, 0.1) is 18.2 Å². The monoisotopic (exact) mass is 276 g/mol. The molecule has 1 heterocycles. The summed E-state index contributed by atoms with van der Waals surface area (Å²) in [5.41, 5.74) is 1.02. The minimum absolute atomic E-state index is 0.0457. The molecule has 1 fully saturated rings. The average Bonchev–Trinajstić information content (AvgIpc) is 2.92. The van der Waals surface area contributed by atoms with Gasteiger partial charge in [0.1, 0.15) is 5.75 Å². The molecule has 2 atom stereocenters. The zero-order chi connectivity index (χ0) is 14.5. The lowest BCUT2D eigenvalue weighted by Crippen LogP contribution is -2.41. The number of rotatable bonds is 5. The van der Waals surface area contributed by atoms with Crippen molar-refractivity contribution >= 4 is 5.91 Å². The van der Waals surface area contributed by atoms with Gasteiger partial charge in [0, 0.05) is 5.56 Å². The van der Waals surface area contributed by atoms with Gasteiger partial charge in [-0.25, -0.2) is 0 Å². The molecule has 4 nitrogen and oxygen atoms in total. The van der Waals surface area contributed by atoms with Gasteiger partial charge in [-0.2, -0.15) is 0 Å². The SMILES string of the molecule is CC(C)Oc1ccccc1C(C)NC(=O)[C@H]1CCCN1. The van der Waals surface area contributed by atoms with Crippen molar-refractivity contribution in [3.8, 4) is 5.75 Å². The molecular formula is C16H24N2O2. The molecule has 0 spiro atoms. The van der Waals surface area contributed by atoms with Gasteiger partial charge in [-0.15, -0.1) is 0 Å². The molecule has 110 valence electrons. The summed E-state index contributed by atoms with van der Waals surface area (Å²) in [6.45, 7) is 6.93. The number of benzene rings is 1. The van der Waals surface area contributed by atoms with E-state index in [1.165, 1.54) is 0 Å². The Morgan fingerprint density at radius 3 is 2.75 bits per heavy atom. The maximum atomic E-state index is 12.1. The van der Waals surface area contributed by atoms with Crippen LogP contribution in [-0.2, 0) is 4.79 Å². The zero-order valence-electron chi connectivity index (χ0n) is 12.5. The summed E-state index contributed by atoms with van der Waals surface area (Å²) >= 11 is 0. The van der Waals surface area contributed by atoms with Crippen molar-refractivity contribution in [3.05, 3.63) is 29.8 Å². The van der Waals surface area contributed by atoms with Crippen molar-refractivity contribution in [3.63, 3.8) is 0 Å². The summed E-state index contributed by atoms with van der Waals surface area (Å²) in [6, 6.07) is 7.78. The molecule has 1 aromatic carbocycles. The van der Waals surface area contributed by atoms with Crippen molar-refractivity contribution in [2.24, 2.45) is 0 Å². The van der Waals surface area contributed by atoms with Gasteiger partial charge < -0.3 is 15.4 Å². The van der Waals surface area contributed by atoms with Gasteiger partial charge in [-0.1, -0.05) is 18.2 Å². The molecule has 1 unspecified atom stereocenters. The van der Waals surface area contributed by atoms with Gasteiger partial charge in [-0.3, -0.25) is 4.79 Å². The molecule has 2 N–H and O–H groups in total. The molecule has 1 aromatic rings. The smallest absolute Gasteiger partial charge is 0.237 e. The third-order valence-corrected chi connectivity index (χ3v) is 3.48. The van der Waals surface area contributed by atoms with E-state index in [1.54, 1.807) is 0 Å². The molecule has 20 heavy (non-hydrogen) atoms. The van der Waals surface area contributed by atoms with E-state index in [4.69, 9.17) is 4.74 Å². The summed E-state index contributed by atoms with van der Waals surface area (Å²) in [5.74, 6) is 0.920. The number of para-hydroxylation sites is 1. The lowest BCUT2D eigenvalue weighted by molar-refractivity contribution is -0.123. The van der Waals surface area contributed by atoms with E-state index in [2.05, 4.69) is 10.6 Å². The number of carbonyl (C=O) groups excluding carboxylic acids is 1. The Morgan fingerprint density at radius 1 is 1.35 bits per heavy atom. The fraction of sp³-hybridized carbons (Fsp3) is 0.562. The van der Waals surface area contributed by atoms with Crippen LogP contribution in [0.25, 0.3) is 0 Å². The van der Waals surface area contributed by atoms with Crippen LogP contribution in [0.4, 0.5) is 0 Å². The van der Waals surface area contributed by atoms with Crippen LogP contribution in [0.15, 0.2) is 24.3 Å². The molecule has 1 amide bonds. The number of nitrogens with one attached hydrogen (secondary N) is 2. The van der Waals surface area contributed by atoms with Gasteiger partial charge in [0.25, 0.3) is 0 Å². The van der Waals surface area contributed by atoms with E-state index in [9.17, 15) is 4.79 Å². The summed E-state index contributed by atoms with van der Waals surface area (Å²) in [5, 5.41) is 6.29. The maximum Gasteiger partial charge on any atom is 0.237 e. The molecule has 1 aliphatic heterocycles. The molecule has 0 saturated carbocycles. The minimum atomic E-state index is -0.0557. The summed E-state index contributed by atoms with van der Waals surface area (Å²) in [4.78, 5) is 12.1. The second-order valence-electron chi connectivity index (χ2n) is 5.58. The Kier molecular flexibility index (Phi) is 5.01. The van der Waals surface area contributed by atoms with Crippen molar-refractivity contribution in [1.29, 1.82) is 0 Å². The number of ether oxygens (including phenoxy) is 1. The summed E-state index contributed by atoms with van der Waals surface area (Å²) < 4.78 is 5.81. The van der Waals surface area contributed by atoms with E-state index in [0.29, 0.717) is 0 Å². The van der Waals surface area contributed by atoms with Crippen LogP contribution < -0.4 is 15.4 Å². The molecule has 1 saturated heterocycles. The Labute approximate surface area is 120 Å². The highest BCUT2D eigenvalue weighted by Crippen LogP contribution is 2.26. The topological polar surface area (TPSA) is 50.4 Å². The van der Waals surface area contributed by atoms with Crippen molar-refractivity contribution in [2.75, 3.05) is 6.54 Å². The van der Waals surface area contributed by atoms with Gasteiger partial charge in [0.15, 0.2) is 0 Å². The number of hydrogen-bond acceptors (Lipinski definition) is 3. The first kappa shape index (κ1) is 14.9. The molecule has 1 aliphatic rings. The largest absolute Gasteiger partial charge is 0.491 e. The molecule has 0 aliphatic carbocycles. The molecule has 4 heteroatoms. The fourth-order valence-electron chi connectivity index (χ4n) is 2.50. The van der Waals surface area contributed by atoms with E-state index < -0.39 is 0 Å².